The molecule has 118 valence electrons. The highest BCUT2D eigenvalue weighted by Crippen LogP contribution is 2.37. The second-order valence-corrected chi connectivity index (χ2v) is 4.77. The molecule has 0 atom stereocenters. The molecule has 0 radical (unpaired) electrons. The average molecular weight is 327 g/mol. The zero-order chi connectivity index (χ0) is 16.9. The highest BCUT2D eigenvalue weighted by molar-refractivity contribution is 6.34. The molecule has 0 saturated heterocycles. The van der Waals surface area contributed by atoms with Crippen molar-refractivity contribution >= 4 is 17.5 Å². The van der Waals surface area contributed by atoms with E-state index in [1.165, 1.54) is 24.3 Å². The summed E-state index contributed by atoms with van der Waals surface area (Å²) in [5.41, 5.74) is -2.64. The molecule has 3 rings (SSSR count). The quantitative estimate of drug-likeness (QED) is 0.590. The van der Waals surface area contributed by atoms with Crippen molar-refractivity contribution in [1.29, 1.82) is 0 Å². The van der Waals surface area contributed by atoms with Gasteiger partial charge in [-0.05, 0) is 24.3 Å². The van der Waals surface area contributed by atoms with Crippen LogP contribution in [0, 0.1) is 11.6 Å². The van der Waals surface area contributed by atoms with Crippen LogP contribution < -0.4 is 4.90 Å². The molecule has 2 aromatic carbocycles. The fourth-order valence-electron chi connectivity index (χ4n) is 2.38. The molecule has 2 amide bonds. The summed E-state index contributed by atoms with van der Waals surface area (Å²) in [4.78, 5) is 24.7. The van der Waals surface area contributed by atoms with Gasteiger partial charge in [-0.1, -0.05) is 12.1 Å². The minimum Gasteiger partial charge on any atom is -0.268 e. The van der Waals surface area contributed by atoms with E-state index in [0.717, 1.165) is 0 Å². The van der Waals surface area contributed by atoms with Gasteiger partial charge in [0.25, 0.3) is 11.8 Å². The van der Waals surface area contributed by atoms with Gasteiger partial charge in [0.1, 0.15) is 17.2 Å². The smallest absolute Gasteiger partial charge is 0.268 e. The molecular formula is C15H6F5NO2. The fraction of sp³-hybridized carbons (Fsp3) is 0.0667. The Morgan fingerprint density at radius 1 is 0.826 bits per heavy atom. The summed E-state index contributed by atoms with van der Waals surface area (Å²) in [5.74, 6) is -5.51. The van der Waals surface area contributed by atoms with E-state index in [2.05, 4.69) is 0 Å². The van der Waals surface area contributed by atoms with Crippen molar-refractivity contribution in [3.63, 3.8) is 0 Å². The third-order valence-corrected chi connectivity index (χ3v) is 3.36. The standard InChI is InChI=1S/C15H6F5NO2/c16-10-5-7(6-11(17)12(10)15(18,19)20)21-13(22)8-3-1-2-4-9(8)14(21)23/h1-6H. The molecule has 0 unspecified atom stereocenters. The first-order valence-electron chi connectivity index (χ1n) is 6.26. The predicted octanol–water partition coefficient (Wildman–Crippen LogP) is 3.78. The van der Waals surface area contributed by atoms with Crippen molar-refractivity contribution in [3.8, 4) is 0 Å². The van der Waals surface area contributed by atoms with E-state index in [-0.39, 0.29) is 11.1 Å². The Bertz CT molecular complexity index is 786. The number of hydrogen-bond donors (Lipinski definition) is 0. The SMILES string of the molecule is O=C1c2ccccc2C(=O)N1c1cc(F)c(C(F)(F)F)c(F)c1. The van der Waals surface area contributed by atoms with Gasteiger partial charge >= 0.3 is 6.18 Å². The van der Waals surface area contributed by atoms with Crippen molar-refractivity contribution in [2.45, 2.75) is 6.18 Å². The van der Waals surface area contributed by atoms with Gasteiger partial charge in [0, 0.05) is 0 Å². The van der Waals surface area contributed by atoms with Crippen molar-refractivity contribution in [2.24, 2.45) is 0 Å². The Balaban J connectivity index is 2.12. The van der Waals surface area contributed by atoms with Gasteiger partial charge in [-0.25, -0.2) is 13.7 Å². The van der Waals surface area contributed by atoms with Crippen LogP contribution in [0.4, 0.5) is 27.6 Å². The van der Waals surface area contributed by atoms with Crippen LogP contribution in [-0.2, 0) is 6.18 Å². The molecule has 0 fully saturated rings. The Morgan fingerprint density at radius 3 is 1.65 bits per heavy atom. The van der Waals surface area contributed by atoms with Gasteiger partial charge in [0.05, 0.1) is 16.8 Å². The predicted molar refractivity (Wildman–Crippen MR) is 68.9 cm³/mol. The molecule has 1 aliphatic rings. The Labute approximate surface area is 125 Å². The lowest BCUT2D eigenvalue weighted by Gasteiger charge is -2.16. The lowest BCUT2D eigenvalue weighted by molar-refractivity contribution is -0.142. The number of fused-ring (bicyclic) bond motifs is 1. The Hall–Kier alpha value is -2.77. The molecular weight excluding hydrogens is 321 g/mol. The van der Waals surface area contributed by atoms with E-state index < -0.39 is 40.9 Å². The number of rotatable bonds is 1. The summed E-state index contributed by atoms with van der Waals surface area (Å²) in [5, 5.41) is 0. The van der Waals surface area contributed by atoms with Gasteiger partial charge in [-0.2, -0.15) is 13.2 Å². The molecule has 23 heavy (non-hydrogen) atoms. The maximum atomic E-state index is 13.6. The highest BCUT2D eigenvalue weighted by Gasteiger charge is 2.41. The van der Waals surface area contributed by atoms with E-state index in [1.807, 2.05) is 0 Å². The summed E-state index contributed by atoms with van der Waals surface area (Å²) < 4.78 is 64.9. The largest absolute Gasteiger partial charge is 0.422 e. The zero-order valence-electron chi connectivity index (χ0n) is 11.1. The molecule has 0 aromatic heterocycles. The van der Waals surface area contributed by atoms with Crippen LogP contribution in [0.25, 0.3) is 0 Å². The number of anilines is 1. The van der Waals surface area contributed by atoms with Gasteiger partial charge in [-0.3, -0.25) is 9.59 Å². The monoisotopic (exact) mass is 327 g/mol. The molecule has 8 heteroatoms. The van der Waals surface area contributed by atoms with Crippen LogP contribution in [-0.4, -0.2) is 11.8 Å². The van der Waals surface area contributed by atoms with E-state index in [1.54, 1.807) is 0 Å². The highest BCUT2D eigenvalue weighted by atomic mass is 19.4. The first kappa shape index (κ1) is 15.1. The summed E-state index contributed by atoms with van der Waals surface area (Å²) in [6.45, 7) is 0. The third-order valence-electron chi connectivity index (χ3n) is 3.36. The first-order chi connectivity index (χ1) is 10.7. The fourth-order valence-corrected chi connectivity index (χ4v) is 2.38. The van der Waals surface area contributed by atoms with Crippen molar-refractivity contribution in [2.75, 3.05) is 4.90 Å². The number of carbonyl (C=O) groups is 2. The molecule has 1 aliphatic heterocycles. The molecule has 0 aliphatic carbocycles. The van der Waals surface area contributed by atoms with E-state index in [9.17, 15) is 31.5 Å². The minimum atomic E-state index is -5.23. The maximum Gasteiger partial charge on any atom is 0.422 e. The summed E-state index contributed by atoms with van der Waals surface area (Å²) in [6.07, 6.45) is -5.23. The van der Waals surface area contributed by atoms with Crippen LogP contribution >= 0.6 is 0 Å². The molecule has 0 bridgehead atoms. The van der Waals surface area contributed by atoms with Crippen molar-refractivity contribution < 1.29 is 31.5 Å². The summed E-state index contributed by atoms with van der Waals surface area (Å²) in [7, 11) is 0. The number of carbonyl (C=O) groups excluding carboxylic acids is 2. The Morgan fingerprint density at radius 2 is 1.26 bits per heavy atom. The van der Waals surface area contributed by atoms with Crippen LogP contribution in [0.15, 0.2) is 36.4 Å². The number of amides is 2. The lowest BCUT2D eigenvalue weighted by atomic mass is 10.1. The first-order valence-corrected chi connectivity index (χ1v) is 6.26. The number of halogens is 5. The average Bonchev–Trinajstić information content (AvgIpc) is 2.69. The zero-order valence-corrected chi connectivity index (χ0v) is 11.1. The molecule has 3 nitrogen and oxygen atoms in total. The minimum absolute atomic E-state index is 0.0122. The summed E-state index contributed by atoms with van der Waals surface area (Å²) in [6, 6.07) is 6.28. The van der Waals surface area contributed by atoms with E-state index in [4.69, 9.17) is 0 Å². The van der Waals surface area contributed by atoms with Crippen LogP contribution in [0.2, 0.25) is 0 Å². The van der Waals surface area contributed by atoms with E-state index in [0.29, 0.717) is 17.0 Å². The topological polar surface area (TPSA) is 37.4 Å². The van der Waals surface area contributed by atoms with Gasteiger partial charge in [0.15, 0.2) is 0 Å². The van der Waals surface area contributed by atoms with Gasteiger partial charge in [0.2, 0.25) is 0 Å². The molecule has 2 aromatic rings. The second-order valence-electron chi connectivity index (χ2n) is 4.77. The van der Waals surface area contributed by atoms with E-state index >= 15 is 0 Å². The maximum absolute atomic E-state index is 13.6. The molecule has 1 heterocycles. The van der Waals surface area contributed by atoms with Gasteiger partial charge < -0.3 is 0 Å². The molecule has 0 N–H and O–H groups in total. The third kappa shape index (κ3) is 2.26. The second kappa shape index (κ2) is 4.87. The van der Waals surface area contributed by atoms with Crippen molar-refractivity contribution in [3.05, 3.63) is 64.7 Å². The number of nitrogens with zero attached hydrogens (tertiary/aromatic N) is 1. The van der Waals surface area contributed by atoms with Crippen LogP contribution in [0.3, 0.4) is 0 Å². The van der Waals surface area contributed by atoms with Crippen LogP contribution in [0.1, 0.15) is 26.3 Å². The van der Waals surface area contributed by atoms with Crippen LogP contribution in [0.5, 0.6) is 0 Å². The number of hydrogen-bond acceptors (Lipinski definition) is 2. The number of imide groups is 1. The number of benzene rings is 2. The normalized spacial score (nSPS) is 14.4. The number of alkyl halides is 3. The van der Waals surface area contributed by atoms with Gasteiger partial charge in [-0.15, -0.1) is 0 Å². The lowest BCUT2D eigenvalue weighted by Crippen LogP contribution is -2.30. The summed E-state index contributed by atoms with van der Waals surface area (Å²) >= 11 is 0. The molecule has 0 saturated carbocycles. The Kier molecular flexibility index (Phi) is 3.20. The van der Waals surface area contributed by atoms with Crippen molar-refractivity contribution in [1.82, 2.24) is 0 Å². The molecule has 0 spiro atoms.